The van der Waals surface area contributed by atoms with Crippen LogP contribution in [0.5, 0.6) is 0 Å². The molecule has 2 N–H and O–H groups in total. The van der Waals surface area contributed by atoms with E-state index in [1.54, 1.807) is 13.0 Å². The number of benzene rings is 2. The van der Waals surface area contributed by atoms with E-state index >= 15 is 0 Å². The van der Waals surface area contributed by atoms with Crippen LogP contribution in [0.25, 0.3) is 0 Å². The first kappa shape index (κ1) is 26.5. The molecule has 0 aromatic heterocycles. The lowest BCUT2D eigenvalue weighted by Crippen LogP contribution is -2.45. The molecule has 0 saturated carbocycles. The number of ether oxygens (including phenoxy) is 1. The van der Waals surface area contributed by atoms with E-state index in [4.69, 9.17) is 4.74 Å². The fraction of sp³-hybridized carbons (Fsp3) is 0.552. The molecule has 2 atom stereocenters. The van der Waals surface area contributed by atoms with Gasteiger partial charge in [-0.25, -0.2) is 4.39 Å². The minimum Gasteiger partial charge on any atom is -0.389 e. The van der Waals surface area contributed by atoms with Crippen LogP contribution in [-0.2, 0) is 28.8 Å². The molecule has 2 aromatic carbocycles. The Kier molecular flexibility index (Phi) is 9.40. The zero-order valence-electron chi connectivity index (χ0n) is 21.1. The highest BCUT2D eigenvalue weighted by Gasteiger charge is 2.28. The van der Waals surface area contributed by atoms with E-state index in [0.29, 0.717) is 31.7 Å². The Labute approximate surface area is 203 Å². The van der Waals surface area contributed by atoms with Gasteiger partial charge in [0.2, 0.25) is 0 Å². The van der Waals surface area contributed by atoms with Gasteiger partial charge >= 0.3 is 0 Å². The first-order chi connectivity index (χ1) is 16.2. The minimum absolute atomic E-state index is 0.0970. The van der Waals surface area contributed by atoms with E-state index in [1.807, 2.05) is 6.92 Å². The molecule has 34 heavy (non-hydrogen) atoms. The van der Waals surface area contributed by atoms with Gasteiger partial charge in [0.05, 0.1) is 18.8 Å². The van der Waals surface area contributed by atoms with Gasteiger partial charge in [0, 0.05) is 18.5 Å². The third-order valence-electron chi connectivity index (χ3n) is 6.81. The normalized spacial score (nSPS) is 15.8. The average molecular weight is 470 g/mol. The summed E-state index contributed by atoms with van der Waals surface area (Å²) in [6.45, 7) is 8.52. The van der Waals surface area contributed by atoms with Crippen molar-refractivity contribution in [1.82, 2.24) is 5.32 Å². The molecule has 3 rings (SSSR count). The molecule has 0 spiro atoms. The number of aliphatic hydroxyl groups excluding tert-OH is 1. The summed E-state index contributed by atoms with van der Waals surface area (Å²) in [4.78, 5) is 11.4. The molecule has 1 aliphatic rings. The number of aryl methyl sites for hydroxylation is 1. The number of hydrogen-bond donors (Lipinski definition) is 2. The minimum atomic E-state index is -0.664. The number of nitrogens with one attached hydrogen (secondary N) is 1. The van der Waals surface area contributed by atoms with Crippen LogP contribution >= 0.6 is 0 Å². The second-order valence-electron chi connectivity index (χ2n) is 10.4. The summed E-state index contributed by atoms with van der Waals surface area (Å²) in [7, 11) is 0. The van der Waals surface area contributed by atoms with E-state index in [1.165, 1.54) is 23.3 Å². The van der Waals surface area contributed by atoms with Gasteiger partial charge in [0.25, 0.3) is 0 Å². The zero-order valence-corrected chi connectivity index (χ0v) is 21.1. The molecule has 5 heteroatoms. The summed E-state index contributed by atoms with van der Waals surface area (Å²) in [5.41, 5.74) is 4.52. The summed E-state index contributed by atoms with van der Waals surface area (Å²) in [6, 6.07) is 13.3. The molecule has 2 aromatic rings. The number of halogens is 1. The summed E-state index contributed by atoms with van der Waals surface area (Å²) in [6.07, 6.45) is 3.92. The van der Waals surface area contributed by atoms with Crippen molar-refractivity contribution in [1.29, 1.82) is 0 Å². The van der Waals surface area contributed by atoms with E-state index < -0.39 is 6.10 Å². The maximum absolute atomic E-state index is 14.0. The molecule has 0 aliphatic heterocycles. The van der Waals surface area contributed by atoms with E-state index in [-0.39, 0.29) is 29.9 Å². The van der Waals surface area contributed by atoms with Gasteiger partial charge in [-0.15, -0.1) is 0 Å². The quantitative estimate of drug-likeness (QED) is 0.415. The molecule has 0 saturated heterocycles. The molecule has 0 fully saturated rings. The van der Waals surface area contributed by atoms with Gasteiger partial charge in [-0.05, 0) is 93.2 Å². The third kappa shape index (κ3) is 7.72. The Balaban J connectivity index is 1.49. The molecule has 0 radical (unpaired) electrons. The predicted octanol–water partition coefficient (Wildman–Crippen LogP) is 5.35. The molecule has 0 bridgehead atoms. The fourth-order valence-electron chi connectivity index (χ4n) is 5.10. The van der Waals surface area contributed by atoms with Crippen molar-refractivity contribution in [3.8, 4) is 0 Å². The number of β-amino-alcohol motifs (C(OH)–C–C–N with tert-alkyl or cyclic N) is 1. The molecule has 4 nitrogen and oxygen atoms in total. The molecule has 0 unspecified atom stereocenters. The number of Topliss-reactive ketones (excluding diaryl/α,β-unsaturated/α-hetero) is 1. The molecule has 186 valence electrons. The number of rotatable bonds is 13. The van der Waals surface area contributed by atoms with Gasteiger partial charge in [-0.3, -0.25) is 0 Å². The monoisotopic (exact) mass is 469 g/mol. The lowest BCUT2D eigenvalue weighted by molar-refractivity contribution is -0.116. The Morgan fingerprint density at radius 2 is 1.88 bits per heavy atom. The van der Waals surface area contributed by atoms with E-state index in [0.717, 1.165) is 30.4 Å². The van der Waals surface area contributed by atoms with Crippen LogP contribution in [-0.4, -0.2) is 35.7 Å². The number of carbonyl (C=O) groups is 1. The van der Waals surface area contributed by atoms with Gasteiger partial charge in [-0.2, -0.15) is 0 Å². The van der Waals surface area contributed by atoms with Crippen LogP contribution in [0.15, 0.2) is 42.5 Å². The summed E-state index contributed by atoms with van der Waals surface area (Å²) in [5, 5.41) is 14.1. The highest BCUT2D eigenvalue weighted by Crippen LogP contribution is 2.32. The van der Waals surface area contributed by atoms with Crippen LogP contribution in [0.4, 0.5) is 4.39 Å². The van der Waals surface area contributed by atoms with E-state index in [2.05, 4.69) is 43.4 Å². The van der Waals surface area contributed by atoms with Crippen LogP contribution in [0.3, 0.4) is 0 Å². The third-order valence-corrected chi connectivity index (χ3v) is 6.81. The maximum atomic E-state index is 14.0. The Morgan fingerprint density at radius 3 is 2.50 bits per heavy atom. The van der Waals surface area contributed by atoms with Gasteiger partial charge in [0.15, 0.2) is 0 Å². The van der Waals surface area contributed by atoms with Crippen molar-refractivity contribution in [3.63, 3.8) is 0 Å². The fourth-order valence-corrected chi connectivity index (χ4v) is 5.10. The SMILES string of the molecule is CC[C@@H](OC[C@H](O)CNC(C)(C)CC1Cc2ccccc2C1)c1cc(F)ccc1CCC(C)=O. The number of hydrogen-bond acceptors (Lipinski definition) is 4. The lowest BCUT2D eigenvalue weighted by atomic mass is 9.88. The smallest absolute Gasteiger partial charge is 0.130 e. The molecule has 0 heterocycles. The topological polar surface area (TPSA) is 58.6 Å². The zero-order chi connectivity index (χ0) is 24.7. The van der Waals surface area contributed by atoms with Gasteiger partial charge in [-0.1, -0.05) is 37.3 Å². The number of fused-ring (bicyclic) bond motifs is 1. The standard InChI is InChI=1S/C29H40FNO3/c1-5-28(27-16-25(30)13-12-22(27)11-10-20(2)32)34-19-26(33)18-31-29(3,4)17-21-14-23-8-6-7-9-24(23)15-21/h6-9,12-13,16,21,26,28,31,33H,5,10-11,14-15,17-19H2,1-4H3/t26-,28-/m1/s1. The molecular formula is C29H40FNO3. The highest BCUT2D eigenvalue weighted by molar-refractivity contribution is 5.75. The average Bonchev–Trinajstić information content (AvgIpc) is 3.19. The van der Waals surface area contributed by atoms with Crippen molar-refractivity contribution in [2.45, 2.75) is 84.0 Å². The lowest BCUT2D eigenvalue weighted by Gasteiger charge is -2.31. The number of ketones is 1. The van der Waals surface area contributed by atoms with Crippen molar-refractivity contribution < 1.29 is 19.0 Å². The number of aliphatic hydroxyl groups is 1. The Hall–Kier alpha value is -2.08. The summed E-state index contributed by atoms with van der Waals surface area (Å²) in [5.74, 6) is 0.399. The second-order valence-corrected chi connectivity index (χ2v) is 10.4. The highest BCUT2D eigenvalue weighted by atomic mass is 19.1. The van der Waals surface area contributed by atoms with Gasteiger partial charge in [0.1, 0.15) is 11.6 Å². The first-order valence-corrected chi connectivity index (χ1v) is 12.6. The van der Waals surface area contributed by atoms with Crippen molar-refractivity contribution in [3.05, 3.63) is 70.5 Å². The molecule has 1 aliphatic carbocycles. The number of carbonyl (C=O) groups excluding carboxylic acids is 1. The van der Waals surface area contributed by atoms with Crippen molar-refractivity contribution >= 4 is 5.78 Å². The van der Waals surface area contributed by atoms with Gasteiger partial charge < -0.3 is 20.0 Å². The largest absolute Gasteiger partial charge is 0.389 e. The van der Waals surface area contributed by atoms with Crippen LogP contribution in [0.2, 0.25) is 0 Å². The first-order valence-electron chi connectivity index (χ1n) is 12.6. The van der Waals surface area contributed by atoms with Crippen molar-refractivity contribution in [2.75, 3.05) is 13.2 Å². The Morgan fingerprint density at radius 1 is 1.21 bits per heavy atom. The Bertz CT molecular complexity index is 933. The molecule has 0 amide bonds. The predicted molar refractivity (Wildman–Crippen MR) is 134 cm³/mol. The second kappa shape index (κ2) is 12.1. The van der Waals surface area contributed by atoms with Crippen LogP contribution in [0.1, 0.15) is 75.3 Å². The maximum Gasteiger partial charge on any atom is 0.130 e. The molecular weight excluding hydrogens is 429 g/mol. The van der Waals surface area contributed by atoms with Crippen LogP contribution < -0.4 is 5.32 Å². The summed E-state index contributed by atoms with van der Waals surface area (Å²) >= 11 is 0. The summed E-state index contributed by atoms with van der Waals surface area (Å²) < 4.78 is 20.0. The van der Waals surface area contributed by atoms with Crippen molar-refractivity contribution in [2.24, 2.45) is 5.92 Å². The van der Waals surface area contributed by atoms with E-state index in [9.17, 15) is 14.3 Å². The van der Waals surface area contributed by atoms with Crippen LogP contribution in [0, 0.1) is 11.7 Å².